The Morgan fingerprint density at radius 3 is 2.94 bits per heavy atom. The van der Waals surface area contributed by atoms with Crippen LogP contribution in [0.3, 0.4) is 0 Å². The number of hydrogen-bond acceptors (Lipinski definition) is 4. The highest BCUT2D eigenvalue weighted by Gasteiger charge is 2.03. The van der Waals surface area contributed by atoms with Crippen LogP contribution in [-0.2, 0) is 6.54 Å². The number of rotatable bonds is 5. The van der Waals surface area contributed by atoms with Crippen molar-refractivity contribution in [3.63, 3.8) is 0 Å². The summed E-state index contributed by atoms with van der Waals surface area (Å²) in [4.78, 5) is 13.7. The van der Waals surface area contributed by atoms with Crippen molar-refractivity contribution in [1.82, 2.24) is 9.47 Å². The number of nitriles is 1. The topological polar surface area (TPSA) is 58.3 Å². The fourth-order valence-electron chi connectivity index (χ4n) is 1.16. The Balaban J connectivity index is 2.70. The van der Waals surface area contributed by atoms with Crippen LogP contribution in [-0.4, -0.2) is 36.7 Å². The van der Waals surface area contributed by atoms with E-state index in [9.17, 15) is 4.79 Å². The average molecular weight is 221 g/mol. The van der Waals surface area contributed by atoms with Crippen molar-refractivity contribution in [3.05, 3.63) is 28.7 Å². The highest BCUT2D eigenvalue weighted by atomic mass is 16.5. The first-order valence-electron chi connectivity index (χ1n) is 4.99. The van der Waals surface area contributed by atoms with Gasteiger partial charge in [0, 0.05) is 12.7 Å². The Bertz CT molecular complexity index is 432. The van der Waals surface area contributed by atoms with E-state index in [0.717, 1.165) is 6.54 Å². The summed E-state index contributed by atoms with van der Waals surface area (Å²) in [5, 5.41) is 8.53. The Kier molecular flexibility index (Phi) is 4.55. The molecule has 0 spiro atoms. The number of likely N-dealkylation sites (N-methyl/N-ethyl adjacent to an activating group) is 1. The minimum atomic E-state index is -0.261. The molecule has 0 aliphatic heterocycles. The van der Waals surface area contributed by atoms with E-state index in [1.807, 2.05) is 25.1 Å². The van der Waals surface area contributed by atoms with E-state index < -0.39 is 0 Å². The van der Waals surface area contributed by atoms with Gasteiger partial charge in [-0.15, -0.1) is 0 Å². The number of pyridine rings is 1. The largest absolute Gasteiger partial charge is 0.487 e. The van der Waals surface area contributed by atoms with Gasteiger partial charge < -0.3 is 9.64 Å². The summed E-state index contributed by atoms with van der Waals surface area (Å²) in [6.07, 6.45) is 1.57. The van der Waals surface area contributed by atoms with Crippen LogP contribution in [0.1, 0.15) is 0 Å². The third kappa shape index (κ3) is 3.41. The third-order valence-corrected chi connectivity index (χ3v) is 2.02. The van der Waals surface area contributed by atoms with Crippen molar-refractivity contribution < 1.29 is 4.74 Å². The van der Waals surface area contributed by atoms with E-state index in [1.54, 1.807) is 18.3 Å². The SMILES string of the molecule is CN(C)CCOc1cccn(CC#N)c1=O. The summed E-state index contributed by atoms with van der Waals surface area (Å²) >= 11 is 0. The minimum absolute atomic E-state index is 0.0454. The molecule has 1 aromatic heterocycles. The van der Waals surface area contributed by atoms with Gasteiger partial charge in [0.05, 0.1) is 6.07 Å². The molecule has 0 saturated carbocycles. The second-order valence-corrected chi connectivity index (χ2v) is 3.62. The first-order chi connectivity index (χ1) is 7.65. The summed E-state index contributed by atoms with van der Waals surface area (Å²) in [7, 11) is 3.87. The molecule has 0 N–H and O–H groups in total. The van der Waals surface area contributed by atoms with Gasteiger partial charge in [-0.3, -0.25) is 9.36 Å². The molecular weight excluding hydrogens is 206 g/mol. The Morgan fingerprint density at radius 1 is 1.56 bits per heavy atom. The highest BCUT2D eigenvalue weighted by Crippen LogP contribution is 2.01. The van der Waals surface area contributed by atoms with Crippen molar-refractivity contribution in [3.8, 4) is 11.8 Å². The summed E-state index contributed by atoms with van der Waals surface area (Å²) < 4.78 is 6.67. The normalized spacial score (nSPS) is 10.1. The molecule has 1 rings (SSSR count). The zero-order chi connectivity index (χ0) is 12.0. The molecule has 0 fully saturated rings. The van der Waals surface area contributed by atoms with Crippen LogP contribution in [0.25, 0.3) is 0 Å². The number of nitrogens with zero attached hydrogens (tertiary/aromatic N) is 3. The van der Waals surface area contributed by atoms with Gasteiger partial charge in [0.2, 0.25) is 0 Å². The van der Waals surface area contributed by atoms with Gasteiger partial charge in [-0.05, 0) is 26.2 Å². The van der Waals surface area contributed by atoms with Crippen LogP contribution in [0.2, 0.25) is 0 Å². The first kappa shape index (κ1) is 12.3. The maximum atomic E-state index is 11.7. The van der Waals surface area contributed by atoms with Crippen LogP contribution in [0, 0.1) is 11.3 Å². The highest BCUT2D eigenvalue weighted by molar-refractivity contribution is 5.17. The molecule has 0 radical (unpaired) electrons. The lowest BCUT2D eigenvalue weighted by atomic mass is 10.4. The predicted octanol–water partition coefficient (Wildman–Crippen LogP) is 0.312. The second-order valence-electron chi connectivity index (χ2n) is 3.62. The quantitative estimate of drug-likeness (QED) is 0.718. The number of hydrogen-bond donors (Lipinski definition) is 0. The van der Waals surface area contributed by atoms with Crippen molar-refractivity contribution in [2.24, 2.45) is 0 Å². The maximum absolute atomic E-state index is 11.7. The van der Waals surface area contributed by atoms with Crippen LogP contribution >= 0.6 is 0 Å². The smallest absolute Gasteiger partial charge is 0.293 e. The maximum Gasteiger partial charge on any atom is 0.293 e. The van der Waals surface area contributed by atoms with Gasteiger partial charge in [-0.1, -0.05) is 0 Å². The fourth-order valence-corrected chi connectivity index (χ4v) is 1.16. The summed E-state index contributed by atoms with van der Waals surface area (Å²) in [6, 6.07) is 5.24. The molecule has 0 aliphatic rings. The van der Waals surface area contributed by atoms with Crippen molar-refractivity contribution in [1.29, 1.82) is 5.26 Å². The van der Waals surface area contributed by atoms with E-state index in [4.69, 9.17) is 10.00 Å². The molecule has 5 heteroatoms. The average Bonchev–Trinajstić information content (AvgIpc) is 2.23. The zero-order valence-corrected chi connectivity index (χ0v) is 9.51. The molecule has 16 heavy (non-hydrogen) atoms. The van der Waals surface area contributed by atoms with E-state index in [-0.39, 0.29) is 12.1 Å². The molecule has 0 aliphatic carbocycles. The Labute approximate surface area is 94.5 Å². The fraction of sp³-hybridized carbons (Fsp3) is 0.455. The lowest BCUT2D eigenvalue weighted by Crippen LogP contribution is -2.24. The van der Waals surface area contributed by atoms with Gasteiger partial charge >= 0.3 is 0 Å². The van der Waals surface area contributed by atoms with E-state index in [1.165, 1.54) is 4.57 Å². The zero-order valence-electron chi connectivity index (χ0n) is 9.51. The first-order valence-corrected chi connectivity index (χ1v) is 4.99. The molecule has 1 aromatic rings. The van der Waals surface area contributed by atoms with Crippen LogP contribution in [0.5, 0.6) is 5.75 Å². The van der Waals surface area contributed by atoms with Crippen molar-refractivity contribution in [2.45, 2.75) is 6.54 Å². The summed E-state index contributed by atoms with van der Waals surface area (Å²) in [6.45, 7) is 1.25. The lowest BCUT2D eigenvalue weighted by molar-refractivity contribution is 0.257. The molecule has 0 bridgehead atoms. The Morgan fingerprint density at radius 2 is 2.31 bits per heavy atom. The van der Waals surface area contributed by atoms with Crippen LogP contribution in [0.15, 0.2) is 23.1 Å². The molecule has 86 valence electrons. The molecular formula is C11H15N3O2. The minimum Gasteiger partial charge on any atom is -0.487 e. The molecule has 0 unspecified atom stereocenters. The van der Waals surface area contributed by atoms with Crippen molar-refractivity contribution in [2.75, 3.05) is 27.2 Å². The van der Waals surface area contributed by atoms with Gasteiger partial charge in [-0.2, -0.15) is 5.26 Å². The van der Waals surface area contributed by atoms with Gasteiger partial charge in [0.25, 0.3) is 5.56 Å². The molecule has 0 amide bonds. The van der Waals surface area contributed by atoms with Gasteiger partial charge in [0.1, 0.15) is 13.2 Å². The monoisotopic (exact) mass is 221 g/mol. The van der Waals surface area contributed by atoms with Crippen LogP contribution in [0.4, 0.5) is 0 Å². The lowest BCUT2D eigenvalue weighted by Gasteiger charge is -2.11. The van der Waals surface area contributed by atoms with Crippen molar-refractivity contribution >= 4 is 0 Å². The van der Waals surface area contributed by atoms with E-state index in [2.05, 4.69) is 0 Å². The van der Waals surface area contributed by atoms with Gasteiger partial charge in [-0.25, -0.2) is 0 Å². The molecule has 0 atom stereocenters. The number of aromatic nitrogens is 1. The number of ether oxygens (including phenoxy) is 1. The second kappa shape index (κ2) is 5.93. The molecule has 5 nitrogen and oxygen atoms in total. The van der Waals surface area contributed by atoms with Gasteiger partial charge in [0.15, 0.2) is 5.75 Å². The van der Waals surface area contributed by atoms with E-state index in [0.29, 0.717) is 12.4 Å². The molecule has 0 saturated heterocycles. The third-order valence-electron chi connectivity index (χ3n) is 2.02. The molecule has 0 aromatic carbocycles. The van der Waals surface area contributed by atoms with Crippen LogP contribution < -0.4 is 10.3 Å². The summed E-state index contributed by atoms with van der Waals surface area (Å²) in [5.74, 6) is 0.291. The molecule has 1 heterocycles. The Hall–Kier alpha value is -1.80. The predicted molar refractivity (Wildman–Crippen MR) is 60.4 cm³/mol. The van der Waals surface area contributed by atoms with E-state index >= 15 is 0 Å². The standard InChI is InChI=1S/C11H15N3O2/c1-13(2)8-9-16-10-4-3-6-14(7-5-12)11(10)15/h3-4,6H,7-9H2,1-2H3. The summed E-state index contributed by atoms with van der Waals surface area (Å²) in [5.41, 5.74) is -0.261.